The van der Waals surface area contributed by atoms with E-state index in [0.717, 1.165) is 10.5 Å². The summed E-state index contributed by atoms with van der Waals surface area (Å²) in [6.07, 6.45) is 0. The third-order valence-electron chi connectivity index (χ3n) is 1.86. The Balaban J connectivity index is 2.24. The Morgan fingerprint density at radius 1 is 1.38 bits per heavy atom. The van der Waals surface area contributed by atoms with Gasteiger partial charge in [-0.15, -0.1) is 0 Å². The first-order valence-electron chi connectivity index (χ1n) is 4.36. The van der Waals surface area contributed by atoms with E-state index in [0.29, 0.717) is 9.93 Å². The normalized spacial score (nSPS) is 15.8. The van der Waals surface area contributed by atoms with E-state index in [-0.39, 0.29) is 21.2 Å². The van der Waals surface area contributed by atoms with Gasteiger partial charge in [-0.3, -0.25) is 0 Å². The van der Waals surface area contributed by atoms with Gasteiger partial charge in [0, 0.05) is 0 Å². The quantitative estimate of drug-likeness (QED) is 0.771. The van der Waals surface area contributed by atoms with Crippen molar-refractivity contribution in [1.29, 1.82) is 0 Å². The number of hydrogen-bond donors (Lipinski definition) is 1. The van der Waals surface area contributed by atoms with Crippen molar-refractivity contribution in [2.45, 2.75) is 0 Å². The van der Waals surface area contributed by atoms with Crippen LogP contribution in [-0.2, 0) is 4.79 Å². The molecule has 0 bridgehead atoms. The van der Waals surface area contributed by atoms with Crippen molar-refractivity contribution in [1.82, 2.24) is 0 Å². The van der Waals surface area contributed by atoms with Crippen LogP contribution in [0.5, 0.6) is 0 Å². The molecule has 0 atom stereocenters. The summed E-state index contributed by atoms with van der Waals surface area (Å²) in [5.41, 5.74) is 0.990. The van der Waals surface area contributed by atoms with Gasteiger partial charge in [-0.1, -0.05) is 0 Å². The Labute approximate surface area is 113 Å². The zero-order chi connectivity index (χ0) is 11.5. The fourth-order valence-corrected chi connectivity index (χ4v) is 4.92. The van der Waals surface area contributed by atoms with Gasteiger partial charge in [0.15, 0.2) is 0 Å². The van der Waals surface area contributed by atoms with Crippen LogP contribution < -0.4 is 21.2 Å². The van der Waals surface area contributed by atoms with Gasteiger partial charge in [0.05, 0.1) is 0 Å². The van der Waals surface area contributed by atoms with Crippen LogP contribution >= 0.6 is 23.4 Å². The second-order valence-electron chi connectivity index (χ2n) is 2.99. The first kappa shape index (κ1) is 12.0. The first-order valence-corrected chi connectivity index (χ1v) is 8.05. The van der Waals surface area contributed by atoms with E-state index in [1.165, 1.54) is 11.8 Å². The summed E-state index contributed by atoms with van der Waals surface area (Å²) >= 11 is 6.89. The number of thioether (sulfide) groups is 1. The van der Waals surface area contributed by atoms with E-state index in [4.69, 9.17) is 16.7 Å². The Bertz CT molecular complexity index is 497. The van der Waals surface area contributed by atoms with Crippen molar-refractivity contribution >= 4 is 34.2 Å². The Hall–Kier alpha value is -0.460. The number of carboxylic acids is 1. The predicted octanol–water partition coefficient (Wildman–Crippen LogP) is 0.400. The van der Waals surface area contributed by atoms with Gasteiger partial charge >= 0.3 is 113 Å². The summed E-state index contributed by atoms with van der Waals surface area (Å²) in [7, 11) is 0. The van der Waals surface area contributed by atoms with Crippen molar-refractivity contribution in [3.63, 3.8) is 0 Å². The van der Waals surface area contributed by atoms with Crippen LogP contribution in [0.1, 0.15) is 5.56 Å². The number of benzene rings is 1. The maximum atomic E-state index is 10.9. The minimum atomic E-state index is -0.850. The molecule has 0 amide bonds. The summed E-state index contributed by atoms with van der Waals surface area (Å²) in [4.78, 5) is 12.3. The van der Waals surface area contributed by atoms with Gasteiger partial charge in [-0.25, -0.2) is 0 Å². The molecule has 0 saturated carbocycles. The standard InChI is InChI=1S/C11H7ClIO2S/c12-8-3-1-2-7(4-8)9-5-13-6-10(16-9)11(14)15/h1-6H,(H,14,15)/q-1. The van der Waals surface area contributed by atoms with Crippen molar-refractivity contribution in [3.05, 3.63) is 47.9 Å². The molecule has 16 heavy (non-hydrogen) atoms. The Kier molecular flexibility index (Phi) is 3.94. The molecular formula is C11H7ClIO2S-. The van der Waals surface area contributed by atoms with Gasteiger partial charge < -0.3 is 0 Å². The fraction of sp³-hybridized carbons (Fsp3) is 0. The summed E-state index contributed by atoms with van der Waals surface area (Å²) in [5, 5.41) is 9.60. The van der Waals surface area contributed by atoms with Gasteiger partial charge in [-0.05, 0) is 0 Å². The zero-order valence-electron chi connectivity index (χ0n) is 7.98. The molecule has 0 saturated heterocycles. The number of carboxylic acid groups (broad SMARTS) is 1. The van der Waals surface area contributed by atoms with E-state index in [2.05, 4.69) is 4.08 Å². The van der Waals surface area contributed by atoms with E-state index in [1.54, 1.807) is 0 Å². The number of halogens is 2. The molecule has 0 unspecified atom stereocenters. The van der Waals surface area contributed by atoms with Crippen LogP contribution in [0.4, 0.5) is 0 Å². The first-order chi connectivity index (χ1) is 7.66. The van der Waals surface area contributed by atoms with Crippen LogP contribution in [-0.4, -0.2) is 11.1 Å². The van der Waals surface area contributed by atoms with Crippen LogP contribution in [0, 0.1) is 0 Å². The van der Waals surface area contributed by atoms with Crippen LogP contribution in [0.15, 0.2) is 37.3 Å². The Morgan fingerprint density at radius 2 is 2.19 bits per heavy atom. The molecule has 1 aliphatic heterocycles. The van der Waals surface area contributed by atoms with Gasteiger partial charge in [-0.2, -0.15) is 0 Å². The Morgan fingerprint density at radius 3 is 2.88 bits per heavy atom. The van der Waals surface area contributed by atoms with E-state index >= 15 is 0 Å². The summed E-state index contributed by atoms with van der Waals surface area (Å²) in [5.74, 6) is -0.850. The second kappa shape index (κ2) is 5.25. The predicted molar refractivity (Wildman–Crippen MR) is 62.7 cm³/mol. The third kappa shape index (κ3) is 2.81. The van der Waals surface area contributed by atoms with Crippen LogP contribution in [0.2, 0.25) is 5.02 Å². The molecule has 1 aromatic carbocycles. The number of hydrogen-bond acceptors (Lipinski definition) is 2. The maximum absolute atomic E-state index is 10.9. The molecule has 1 heterocycles. The number of aliphatic carboxylic acids is 1. The summed E-state index contributed by atoms with van der Waals surface area (Å²) in [6, 6.07) is 7.48. The molecule has 0 fully saturated rings. The molecule has 2 rings (SSSR count). The molecule has 2 nitrogen and oxygen atoms in total. The average molecular weight is 366 g/mol. The molecule has 0 radical (unpaired) electrons. The topological polar surface area (TPSA) is 37.3 Å². The molecule has 84 valence electrons. The van der Waals surface area contributed by atoms with Crippen LogP contribution in [0.3, 0.4) is 0 Å². The van der Waals surface area contributed by atoms with Crippen molar-refractivity contribution in [2.24, 2.45) is 0 Å². The third-order valence-corrected chi connectivity index (χ3v) is 6.00. The molecule has 1 N–H and O–H groups in total. The zero-order valence-corrected chi connectivity index (χ0v) is 11.7. The second-order valence-corrected chi connectivity index (χ2v) is 6.48. The molecule has 1 aliphatic rings. The SMILES string of the molecule is O=C(O)C1=C[I-]C=C(c2cccc(Cl)c2)S1. The summed E-state index contributed by atoms with van der Waals surface area (Å²) < 4.78 is 3.93. The molecule has 0 aliphatic carbocycles. The monoisotopic (exact) mass is 365 g/mol. The van der Waals surface area contributed by atoms with Gasteiger partial charge in [0.25, 0.3) is 0 Å². The fourth-order valence-electron chi connectivity index (χ4n) is 1.16. The van der Waals surface area contributed by atoms with Gasteiger partial charge in [0.2, 0.25) is 0 Å². The summed E-state index contributed by atoms with van der Waals surface area (Å²) in [6.45, 7) is 0. The van der Waals surface area contributed by atoms with Crippen molar-refractivity contribution in [2.75, 3.05) is 0 Å². The molecule has 0 aromatic heterocycles. The molecular weight excluding hydrogens is 359 g/mol. The molecule has 5 heteroatoms. The van der Waals surface area contributed by atoms with Crippen LogP contribution in [0.25, 0.3) is 4.91 Å². The van der Waals surface area contributed by atoms with E-state index in [9.17, 15) is 4.79 Å². The number of rotatable bonds is 2. The van der Waals surface area contributed by atoms with E-state index < -0.39 is 5.97 Å². The van der Waals surface area contributed by atoms with Gasteiger partial charge in [0.1, 0.15) is 0 Å². The molecule has 1 aromatic rings. The minimum absolute atomic E-state index is 0.304. The average Bonchev–Trinajstić information content (AvgIpc) is 2.29. The van der Waals surface area contributed by atoms with Crippen molar-refractivity contribution in [3.8, 4) is 0 Å². The number of carbonyl (C=O) groups is 1. The molecule has 0 spiro atoms. The van der Waals surface area contributed by atoms with E-state index in [1.807, 2.05) is 28.3 Å². The van der Waals surface area contributed by atoms with Crippen molar-refractivity contribution < 1.29 is 31.1 Å².